The third-order valence-electron chi connectivity index (χ3n) is 6.48. The second-order valence-corrected chi connectivity index (χ2v) is 10.2. The average Bonchev–Trinajstić information content (AvgIpc) is 3.43. The van der Waals surface area contributed by atoms with Crippen LogP contribution in [0.25, 0.3) is 16.0 Å². The molecule has 4 aromatic rings. The second-order valence-electron chi connectivity index (χ2n) is 9.23. The Balaban J connectivity index is 1.65. The first-order valence-corrected chi connectivity index (χ1v) is 13.2. The van der Waals surface area contributed by atoms with E-state index in [1.807, 2.05) is 56.3 Å². The highest BCUT2D eigenvalue weighted by atomic mass is 32.1. The van der Waals surface area contributed by atoms with Crippen molar-refractivity contribution in [2.24, 2.45) is 0 Å². The SMILES string of the molecule is CCCCOc1ccc(C2/C(=C(\O)c3ccccc3)C(=O)C(=O)N2c2nc3c(C)cc(C)cc3s2)cc1. The lowest BCUT2D eigenvalue weighted by molar-refractivity contribution is -0.132. The molecule has 7 heteroatoms. The van der Waals surface area contributed by atoms with E-state index in [-0.39, 0.29) is 11.3 Å². The monoisotopic (exact) mass is 512 g/mol. The fourth-order valence-electron chi connectivity index (χ4n) is 4.64. The topological polar surface area (TPSA) is 79.7 Å². The molecule has 1 N–H and O–H groups in total. The van der Waals surface area contributed by atoms with Gasteiger partial charge in [0.25, 0.3) is 5.78 Å². The molecule has 1 aliphatic rings. The number of Topliss-reactive ketones (excluding diaryl/α,β-unsaturated/α-hetero) is 1. The number of thiazole rings is 1. The number of carbonyl (C=O) groups is 2. The zero-order valence-corrected chi connectivity index (χ0v) is 21.8. The van der Waals surface area contributed by atoms with Crippen molar-refractivity contribution in [1.82, 2.24) is 4.98 Å². The van der Waals surface area contributed by atoms with Crippen molar-refractivity contribution in [3.63, 3.8) is 0 Å². The van der Waals surface area contributed by atoms with Gasteiger partial charge in [0, 0.05) is 5.56 Å². The highest BCUT2D eigenvalue weighted by molar-refractivity contribution is 7.22. The summed E-state index contributed by atoms with van der Waals surface area (Å²) in [4.78, 5) is 33.1. The molecule has 188 valence electrons. The summed E-state index contributed by atoms with van der Waals surface area (Å²) in [5, 5.41) is 11.7. The maximum absolute atomic E-state index is 13.5. The maximum atomic E-state index is 13.5. The van der Waals surface area contributed by atoms with Crippen LogP contribution < -0.4 is 9.64 Å². The summed E-state index contributed by atoms with van der Waals surface area (Å²) in [6.45, 7) is 6.72. The predicted molar refractivity (Wildman–Crippen MR) is 147 cm³/mol. The summed E-state index contributed by atoms with van der Waals surface area (Å²) in [5.41, 5.74) is 4.11. The fraction of sp³-hybridized carbons (Fsp3) is 0.233. The number of aromatic nitrogens is 1. The van der Waals surface area contributed by atoms with E-state index in [0.29, 0.717) is 28.6 Å². The number of rotatable bonds is 7. The molecule has 0 aliphatic carbocycles. The van der Waals surface area contributed by atoms with Crippen LogP contribution in [0.3, 0.4) is 0 Å². The van der Waals surface area contributed by atoms with Gasteiger partial charge < -0.3 is 9.84 Å². The number of benzene rings is 3. The maximum Gasteiger partial charge on any atom is 0.301 e. The van der Waals surface area contributed by atoms with Gasteiger partial charge in [0.05, 0.1) is 28.4 Å². The quantitative estimate of drug-likeness (QED) is 0.129. The number of carbonyl (C=O) groups excluding carboxylic acids is 2. The Labute approximate surface area is 219 Å². The van der Waals surface area contributed by atoms with Crippen LogP contribution in [0, 0.1) is 13.8 Å². The summed E-state index contributed by atoms with van der Waals surface area (Å²) in [5.74, 6) is -0.938. The van der Waals surface area contributed by atoms with Gasteiger partial charge in [0.2, 0.25) is 0 Å². The van der Waals surface area contributed by atoms with Gasteiger partial charge in [0.15, 0.2) is 5.13 Å². The number of amides is 1. The Morgan fingerprint density at radius 1 is 1.05 bits per heavy atom. The lowest BCUT2D eigenvalue weighted by atomic mass is 9.95. The molecular weight excluding hydrogens is 484 g/mol. The standard InChI is InChI=1S/C30H28N2O4S/c1-4-5-15-36-22-13-11-20(12-14-22)26-24(27(33)21-9-7-6-8-10-21)28(34)29(35)32(26)30-31-25-19(3)16-18(2)17-23(25)37-30/h6-14,16-17,26,33H,4-5,15H2,1-3H3/b27-24+. The van der Waals surface area contributed by atoms with E-state index in [4.69, 9.17) is 9.72 Å². The van der Waals surface area contributed by atoms with Crippen LogP contribution in [0.5, 0.6) is 5.75 Å². The molecule has 0 saturated carbocycles. The van der Waals surface area contributed by atoms with Gasteiger partial charge in [-0.25, -0.2) is 4.98 Å². The summed E-state index contributed by atoms with van der Waals surface area (Å²) in [6, 6.07) is 19.4. The molecule has 1 unspecified atom stereocenters. The number of nitrogens with zero attached hydrogens (tertiary/aromatic N) is 2. The van der Waals surface area contributed by atoms with Crippen molar-refractivity contribution in [3.8, 4) is 5.75 Å². The van der Waals surface area contributed by atoms with Gasteiger partial charge in [-0.05, 0) is 55.2 Å². The van der Waals surface area contributed by atoms with Crippen molar-refractivity contribution >= 4 is 44.1 Å². The molecule has 1 fully saturated rings. The van der Waals surface area contributed by atoms with Gasteiger partial charge in [-0.3, -0.25) is 14.5 Å². The Morgan fingerprint density at radius 2 is 1.78 bits per heavy atom. The minimum absolute atomic E-state index is 0.0445. The van der Waals surface area contributed by atoms with Crippen LogP contribution in [0.4, 0.5) is 5.13 Å². The molecule has 0 radical (unpaired) electrons. The van der Waals surface area contributed by atoms with Gasteiger partial charge in [-0.2, -0.15) is 0 Å². The van der Waals surface area contributed by atoms with Crippen LogP contribution in [0.2, 0.25) is 0 Å². The number of aryl methyl sites for hydroxylation is 2. The van der Waals surface area contributed by atoms with E-state index >= 15 is 0 Å². The van der Waals surface area contributed by atoms with Crippen molar-refractivity contribution in [2.45, 2.75) is 39.7 Å². The molecule has 3 aromatic carbocycles. The van der Waals surface area contributed by atoms with Crippen LogP contribution in [-0.2, 0) is 9.59 Å². The number of ketones is 1. The third-order valence-corrected chi connectivity index (χ3v) is 7.48. The number of hydrogen-bond acceptors (Lipinski definition) is 6. The van der Waals surface area contributed by atoms with Crippen molar-refractivity contribution in [2.75, 3.05) is 11.5 Å². The highest BCUT2D eigenvalue weighted by Crippen LogP contribution is 2.45. The summed E-state index contributed by atoms with van der Waals surface area (Å²) in [6.07, 6.45) is 1.99. The number of fused-ring (bicyclic) bond motifs is 1. The molecule has 0 bridgehead atoms. The minimum atomic E-state index is -0.827. The van der Waals surface area contributed by atoms with E-state index < -0.39 is 17.7 Å². The summed E-state index contributed by atoms with van der Waals surface area (Å²) < 4.78 is 6.75. The smallest absolute Gasteiger partial charge is 0.301 e. The van der Waals surface area contributed by atoms with Gasteiger partial charge in [0.1, 0.15) is 11.5 Å². The first-order valence-electron chi connectivity index (χ1n) is 12.4. The van der Waals surface area contributed by atoms with Gasteiger partial charge in [-0.1, -0.05) is 73.2 Å². The van der Waals surface area contributed by atoms with E-state index in [0.717, 1.165) is 34.2 Å². The van der Waals surface area contributed by atoms with E-state index in [9.17, 15) is 14.7 Å². The zero-order chi connectivity index (χ0) is 26.1. The number of anilines is 1. The lowest BCUT2D eigenvalue weighted by Gasteiger charge is -2.23. The predicted octanol–water partition coefficient (Wildman–Crippen LogP) is 6.72. The molecule has 6 nitrogen and oxygen atoms in total. The lowest BCUT2D eigenvalue weighted by Crippen LogP contribution is -2.29. The molecule has 1 atom stereocenters. The number of aliphatic hydroxyl groups excluding tert-OH is 1. The van der Waals surface area contributed by atoms with Gasteiger partial charge >= 0.3 is 5.91 Å². The summed E-state index contributed by atoms with van der Waals surface area (Å²) >= 11 is 1.37. The van der Waals surface area contributed by atoms with Crippen molar-refractivity contribution in [1.29, 1.82) is 0 Å². The first kappa shape index (κ1) is 24.7. The molecule has 0 spiro atoms. The zero-order valence-electron chi connectivity index (χ0n) is 21.0. The van der Waals surface area contributed by atoms with E-state index in [2.05, 4.69) is 6.92 Å². The Hall–Kier alpha value is -3.97. The molecule has 1 amide bonds. The minimum Gasteiger partial charge on any atom is -0.507 e. The molecular formula is C30H28N2O4S. The first-order chi connectivity index (χ1) is 17.9. The number of unbranched alkanes of at least 4 members (excludes halogenated alkanes) is 1. The van der Waals surface area contributed by atoms with Crippen molar-refractivity contribution < 1.29 is 19.4 Å². The molecule has 5 rings (SSSR count). The number of hydrogen-bond donors (Lipinski definition) is 1. The molecule has 1 saturated heterocycles. The third kappa shape index (κ3) is 4.62. The van der Waals surface area contributed by atoms with Crippen LogP contribution in [0.1, 0.15) is 48.1 Å². The normalized spacial score (nSPS) is 17.1. The van der Waals surface area contributed by atoms with Crippen LogP contribution >= 0.6 is 11.3 Å². The van der Waals surface area contributed by atoms with Crippen molar-refractivity contribution in [3.05, 3.63) is 94.6 Å². The number of aliphatic hydroxyl groups is 1. The Bertz CT molecular complexity index is 1510. The Kier molecular flexibility index (Phi) is 6.80. The molecule has 1 aromatic heterocycles. The molecule has 37 heavy (non-hydrogen) atoms. The van der Waals surface area contributed by atoms with E-state index in [1.54, 1.807) is 24.3 Å². The number of ether oxygens (including phenoxy) is 1. The Morgan fingerprint density at radius 3 is 2.49 bits per heavy atom. The van der Waals surface area contributed by atoms with Gasteiger partial charge in [-0.15, -0.1) is 0 Å². The summed E-state index contributed by atoms with van der Waals surface area (Å²) in [7, 11) is 0. The highest BCUT2D eigenvalue weighted by Gasteiger charge is 2.48. The van der Waals surface area contributed by atoms with Crippen LogP contribution in [-0.4, -0.2) is 28.4 Å². The molecule has 2 heterocycles. The largest absolute Gasteiger partial charge is 0.507 e. The van der Waals surface area contributed by atoms with Crippen LogP contribution in [0.15, 0.2) is 72.3 Å². The molecule has 1 aliphatic heterocycles. The fourth-order valence-corrected chi connectivity index (χ4v) is 5.81. The van der Waals surface area contributed by atoms with E-state index in [1.165, 1.54) is 16.2 Å². The average molecular weight is 513 g/mol. The second kappa shape index (κ2) is 10.2.